The van der Waals surface area contributed by atoms with Crippen molar-refractivity contribution in [2.75, 3.05) is 13.1 Å². The molecule has 2 heterocycles. The Balaban J connectivity index is 1.21. The van der Waals surface area contributed by atoms with Gasteiger partial charge in [0.1, 0.15) is 0 Å². The number of piperidine rings is 1. The van der Waals surface area contributed by atoms with Gasteiger partial charge in [-0.25, -0.2) is 0 Å². The zero-order chi connectivity index (χ0) is 22.1. The number of carbonyl (C=O) groups is 2. The van der Waals surface area contributed by atoms with Crippen molar-refractivity contribution in [2.45, 2.75) is 38.6 Å². The largest absolute Gasteiger partial charge is 0.416 e. The van der Waals surface area contributed by atoms with Gasteiger partial charge in [0.25, 0.3) is 5.91 Å². The van der Waals surface area contributed by atoms with Crippen molar-refractivity contribution in [1.29, 1.82) is 0 Å². The van der Waals surface area contributed by atoms with E-state index in [0.717, 1.165) is 42.4 Å². The van der Waals surface area contributed by atoms with Crippen LogP contribution in [0.4, 0.5) is 0 Å². The average molecular weight is 431 g/mol. The van der Waals surface area contributed by atoms with E-state index in [1.165, 1.54) is 0 Å². The summed E-state index contributed by atoms with van der Waals surface area (Å²) in [6.07, 6.45) is 3.61. The van der Waals surface area contributed by atoms with E-state index < -0.39 is 0 Å². The molecule has 1 aromatic heterocycles. The summed E-state index contributed by atoms with van der Waals surface area (Å²) in [5.74, 6) is 1.32. The van der Waals surface area contributed by atoms with Gasteiger partial charge in [0, 0.05) is 41.7 Å². The molecule has 1 N–H and O–H groups in total. The summed E-state index contributed by atoms with van der Waals surface area (Å²) in [6.45, 7) is 3.31. The van der Waals surface area contributed by atoms with Crippen molar-refractivity contribution in [3.8, 4) is 22.9 Å². The highest BCUT2D eigenvalue weighted by Gasteiger charge is 2.32. The SMILES string of the molecule is Cc1ccccc1-c1nnc(-c2ccc(C(=O)N3CCC(NC(=O)C4CC4)CC3)cc2)o1. The molecule has 0 spiro atoms. The Hall–Kier alpha value is -3.48. The fraction of sp³-hybridized carbons (Fsp3) is 0.360. The maximum absolute atomic E-state index is 12.9. The van der Waals surface area contributed by atoms with Crippen LogP contribution in [0.3, 0.4) is 0 Å². The van der Waals surface area contributed by atoms with Crippen LogP contribution in [0.15, 0.2) is 52.9 Å². The third kappa shape index (κ3) is 4.28. The number of hydrogen-bond acceptors (Lipinski definition) is 5. The van der Waals surface area contributed by atoms with E-state index in [0.29, 0.717) is 30.4 Å². The second-order valence-corrected chi connectivity index (χ2v) is 8.65. The van der Waals surface area contributed by atoms with Gasteiger partial charge in [-0.1, -0.05) is 18.2 Å². The van der Waals surface area contributed by atoms with E-state index in [4.69, 9.17) is 4.42 Å². The minimum absolute atomic E-state index is 0.00893. The van der Waals surface area contributed by atoms with Gasteiger partial charge in [0.15, 0.2) is 0 Å². The first-order valence-electron chi connectivity index (χ1n) is 11.2. The molecule has 1 saturated carbocycles. The third-order valence-electron chi connectivity index (χ3n) is 6.26. The first-order chi connectivity index (χ1) is 15.6. The Morgan fingerprint density at radius 3 is 2.31 bits per heavy atom. The second-order valence-electron chi connectivity index (χ2n) is 8.65. The van der Waals surface area contributed by atoms with Gasteiger partial charge in [-0.3, -0.25) is 9.59 Å². The van der Waals surface area contributed by atoms with E-state index >= 15 is 0 Å². The zero-order valence-electron chi connectivity index (χ0n) is 18.1. The van der Waals surface area contributed by atoms with Gasteiger partial charge >= 0.3 is 0 Å². The normalized spacial score (nSPS) is 16.7. The van der Waals surface area contributed by atoms with Gasteiger partial charge in [-0.15, -0.1) is 10.2 Å². The molecule has 0 bridgehead atoms. The third-order valence-corrected chi connectivity index (χ3v) is 6.26. The van der Waals surface area contributed by atoms with E-state index in [-0.39, 0.29) is 23.8 Å². The molecule has 7 heteroatoms. The Morgan fingerprint density at radius 2 is 1.62 bits per heavy atom. The number of likely N-dealkylation sites (tertiary alicyclic amines) is 1. The molecule has 1 saturated heterocycles. The standard InChI is InChI=1S/C25H26N4O3/c1-16-4-2-3-5-21(16)24-28-27-23(32-24)18-8-10-19(11-9-18)25(31)29-14-12-20(13-15-29)26-22(30)17-6-7-17/h2-5,8-11,17,20H,6-7,12-15H2,1H3,(H,26,30). The van der Waals surface area contributed by atoms with Gasteiger partial charge < -0.3 is 14.6 Å². The van der Waals surface area contributed by atoms with E-state index in [9.17, 15) is 9.59 Å². The van der Waals surface area contributed by atoms with Crippen LogP contribution in [0.2, 0.25) is 0 Å². The Labute approximate surface area is 186 Å². The first kappa shape index (κ1) is 20.4. The van der Waals surface area contributed by atoms with Crippen LogP contribution in [0.25, 0.3) is 22.9 Å². The molecule has 1 aliphatic carbocycles. The predicted octanol–water partition coefficient (Wildman–Crippen LogP) is 3.84. The molecular weight excluding hydrogens is 404 g/mol. The number of hydrogen-bond donors (Lipinski definition) is 1. The summed E-state index contributed by atoms with van der Waals surface area (Å²) in [5.41, 5.74) is 3.39. The molecule has 5 rings (SSSR count). The highest BCUT2D eigenvalue weighted by Crippen LogP contribution is 2.29. The highest BCUT2D eigenvalue weighted by atomic mass is 16.4. The molecule has 2 aliphatic rings. The summed E-state index contributed by atoms with van der Waals surface area (Å²) in [7, 11) is 0. The number of nitrogens with zero attached hydrogens (tertiary/aromatic N) is 3. The van der Waals surface area contributed by atoms with Crippen LogP contribution < -0.4 is 5.32 Å². The molecule has 1 aliphatic heterocycles. The Morgan fingerprint density at radius 1 is 0.938 bits per heavy atom. The lowest BCUT2D eigenvalue weighted by atomic mass is 10.0. The number of aromatic nitrogens is 2. The van der Waals surface area contributed by atoms with Crippen molar-refractivity contribution in [3.05, 3.63) is 59.7 Å². The lowest BCUT2D eigenvalue weighted by Crippen LogP contribution is -2.46. The van der Waals surface area contributed by atoms with Gasteiger partial charge in [-0.05, 0) is 68.5 Å². The van der Waals surface area contributed by atoms with E-state index in [1.54, 1.807) is 12.1 Å². The first-order valence-corrected chi connectivity index (χ1v) is 11.2. The lowest BCUT2D eigenvalue weighted by molar-refractivity contribution is -0.123. The van der Waals surface area contributed by atoms with Crippen LogP contribution in [0, 0.1) is 12.8 Å². The molecule has 3 aromatic rings. The minimum atomic E-state index is 0.00893. The Bertz CT molecular complexity index is 1130. The maximum atomic E-state index is 12.9. The summed E-state index contributed by atoms with van der Waals surface area (Å²) in [6, 6.07) is 15.3. The number of aryl methyl sites for hydroxylation is 1. The van der Waals surface area contributed by atoms with Crippen LogP contribution in [0.1, 0.15) is 41.6 Å². The zero-order valence-corrected chi connectivity index (χ0v) is 18.1. The highest BCUT2D eigenvalue weighted by molar-refractivity contribution is 5.94. The molecule has 2 fully saturated rings. The van der Waals surface area contributed by atoms with Gasteiger partial charge in [0.05, 0.1) is 0 Å². The van der Waals surface area contributed by atoms with Crippen LogP contribution in [-0.2, 0) is 4.79 Å². The number of amides is 2. The fourth-order valence-electron chi connectivity index (χ4n) is 4.09. The molecule has 2 aromatic carbocycles. The Kier molecular flexibility index (Phi) is 5.47. The van der Waals surface area contributed by atoms with Gasteiger partial charge in [0.2, 0.25) is 17.7 Å². The molecule has 164 valence electrons. The molecule has 2 amide bonds. The predicted molar refractivity (Wildman–Crippen MR) is 120 cm³/mol. The maximum Gasteiger partial charge on any atom is 0.253 e. The second kappa shape index (κ2) is 8.57. The molecule has 7 nitrogen and oxygen atoms in total. The molecule has 0 unspecified atom stereocenters. The number of nitrogens with one attached hydrogen (secondary N) is 1. The smallest absolute Gasteiger partial charge is 0.253 e. The summed E-state index contributed by atoms with van der Waals surface area (Å²) in [4.78, 5) is 26.7. The molecular formula is C25H26N4O3. The fourth-order valence-corrected chi connectivity index (χ4v) is 4.09. The van der Waals surface area contributed by atoms with Crippen molar-refractivity contribution < 1.29 is 14.0 Å². The van der Waals surface area contributed by atoms with Crippen molar-refractivity contribution in [3.63, 3.8) is 0 Å². The minimum Gasteiger partial charge on any atom is -0.416 e. The topological polar surface area (TPSA) is 88.3 Å². The average Bonchev–Trinajstić information content (AvgIpc) is 3.57. The van der Waals surface area contributed by atoms with Crippen molar-refractivity contribution in [1.82, 2.24) is 20.4 Å². The van der Waals surface area contributed by atoms with Crippen LogP contribution >= 0.6 is 0 Å². The summed E-state index contributed by atoms with van der Waals surface area (Å²) in [5, 5.41) is 11.5. The van der Waals surface area contributed by atoms with Crippen molar-refractivity contribution in [2.24, 2.45) is 5.92 Å². The molecule has 32 heavy (non-hydrogen) atoms. The quantitative estimate of drug-likeness (QED) is 0.664. The van der Waals surface area contributed by atoms with Crippen LogP contribution in [0.5, 0.6) is 0 Å². The number of carbonyl (C=O) groups excluding carboxylic acids is 2. The molecule has 0 radical (unpaired) electrons. The number of rotatable bonds is 5. The van der Waals surface area contributed by atoms with E-state index in [2.05, 4.69) is 15.5 Å². The monoisotopic (exact) mass is 430 g/mol. The molecule has 0 atom stereocenters. The lowest BCUT2D eigenvalue weighted by Gasteiger charge is -2.32. The summed E-state index contributed by atoms with van der Waals surface area (Å²) >= 11 is 0. The van der Waals surface area contributed by atoms with Crippen molar-refractivity contribution >= 4 is 11.8 Å². The van der Waals surface area contributed by atoms with E-state index in [1.807, 2.05) is 48.2 Å². The number of benzene rings is 2. The van der Waals surface area contributed by atoms with Crippen LogP contribution in [-0.4, -0.2) is 46.0 Å². The summed E-state index contributed by atoms with van der Waals surface area (Å²) < 4.78 is 5.87. The van der Waals surface area contributed by atoms with Gasteiger partial charge in [-0.2, -0.15) is 0 Å².